The topological polar surface area (TPSA) is 43.4 Å². The lowest BCUT2D eigenvalue weighted by Gasteiger charge is -2.16. The fourth-order valence-electron chi connectivity index (χ4n) is 2.18. The van der Waals surface area contributed by atoms with Gasteiger partial charge in [-0.15, -0.1) is 0 Å². The van der Waals surface area contributed by atoms with Crippen molar-refractivity contribution in [2.75, 3.05) is 6.61 Å². The van der Waals surface area contributed by atoms with E-state index in [0.29, 0.717) is 5.56 Å². The van der Waals surface area contributed by atoms with Crippen molar-refractivity contribution in [3.63, 3.8) is 0 Å². The summed E-state index contributed by atoms with van der Waals surface area (Å²) in [6.07, 6.45) is -2.41. The summed E-state index contributed by atoms with van der Waals surface area (Å²) in [5, 5.41) is 0. The van der Waals surface area contributed by atoms with Crippen LogP contribution in [0.5, 0.6) is 0 Å². The van der Waals surface area contributed by atoms with Crippen LogP contribution in [0.4, 0.5) is 13.2 Å². The number of esters is 1. The number of benzene rings is 1. The van der Waals surface area contributed by atoms with Crippen molar-refractivity contribution < 1.29 is 27.5 Å². The van der Waals surface area contributed by atoms with Crippen LogP contribution in [0, 0.1) is 5.92 Å². The number of rotatable bonds is 8. The summed E-state index contributed by atoms with van der Waals surface area (Å²) in [5.41, 5.74) is 1.58. The van der Waals surface area contributed by atoms with E-state index in [-0.39, 0.29) is 13.0 Å². The van der Waals surface area contributed by atoms with E-state index < -0.39 is 23.8 Å². The van der Waals surface area contributed by atoms with Gasteiger partial charge in [0, 0.05) is 0 Å². The van der Waals surface area contributed by atoms with E-state index in [1.165, 1.54) is 6.92 Å². The molecule has 0 N–H and O–H groups in total. The third-order valence-corrected chi connectivity index (χ3v) is 3.45. The highest BCUT2D eigenvalue weighted by Crippen LogP contribution is 2.24. The number of carbonyl (C=O) groups excluding carboxylic acids is 2. The predicted octanol–water partition coefficient (Wildman–Crippen LogP) is 3.88. The molecule has 0 spiro atoms. The molecule has 1 rings (SSSR count). The molecule has 0 aliphatic heterocycles. The number of ketones is 1. The number of Topliss-reactive ketones (excluding diaryl/α,β-unsaturated/α-hetero) is 1. The van der Waals surface area contributed by atoms with Crippen molar-refractivity contribution in [3.8, 4) is 0 Å². The third-order valence-electron chi connectivity index (χ3n) is 3.45. The number of alkyl halides is 3. The molecule has 0 saturated carbocycles. The van der Waals surface area contributed by atoms with E-state index in [0.717, 1.165) is 24.8 Å². The van der Waals surface area contributed by atoms with Crippen LogP contribution in [0.25, 0.3) is 0 Å². The molecule has 0 saturated heterocycles. The molecular formula is C17H21F3O3. The number of hydrogen-bond donors (Lipinski definition) is 0. The standard InChI is InChI=1S/C17H21F3O3/c1-3-5-6-12-7-9-13(10-8-12)11-14(16(22)23-4-2)15(21)17(18,19)20/h7-10,14H,3-6,11H2,1-2H3. The highest BCUT2D eigenvalue weighted by molar-refractivity contribution is 6.02. The minimum atomic E-state index is -5.06. The zero-order valence-corrected chi connectivity index (χ0v) is 13.3. The number of unbranched alkanes of at least 4 members (excludes halogenated alkanes) is 1. The monoisotopic (exact) mass is 330 g/mol. The Morgan fingerprint density at radius 1 is 1.09 bits per heavy atom. The minimum absolute atomic E-state index is 0.0730. The molecule has 3 nitrogen and oxygen atoms in total. The van der Waals surface area contributed by atoms with E-state index in [2.05, 4.69) is 11.7 Å². The van der Waals surface area contributed by atoms with Gasteiger partial charge in [-0.1, -0.05) is 37.6 Å². The van der Waals surface area contributed by atoms with Gasteiger partial charge >= 0.3 is 12.1 Å². The molecule has 0 fully saturated rings. The fraction of sp³-hybridized carbons (Fsp3) is 0.529. The molecule has 0 aromatic heterocycles. The molecule has 0 aliphatic carbocycles. The number of ether oxygens (including phenoxy) is 1. The molecule has 6 heteroatoms. The smallest absolute Gasteiger partial charge is 0.450 e. The summed E-state index contributed by atoms with van der Waals surface area (Å²) >= 11 is 0. The van der Waals surface area contributed by atoms with Crippen LogP contribution in [0.1, 0.15) is 37.8 Å². The summed E-state index contributed by atoms with van der Waals surface area (Å²) in [5.74, 6) is -5.05. The molecular weight excluding hydrogens is 309 g/mol. The van der Waals surface area contributed by atoms with Crippen molar-refractivity contribution in [1.29, 1.82) is 0 Å². The maximum atomic E-state index is 12.6. The Morgan fingerprint density at radius 2 is 1.65 bits per heavy atom. The number of carbonyl (C=O) groups is 2. The molecule has 0 bridgehead atoms. The van der Waals surface area contributed by atoms with E-state index in [1.54, 1.807) is 12.1 Å². The van der Waals surface area contributed by atoms with Crippen molar-refractivity contribution in [1.82, 2.24) is 0 Å². The largest absolute Gasteiger partial charge is 0.465 e. The maximum absolute atomic E-state index is 12.6. The summed E-state index contributed by atoms with van der Waals surface area (Å²) in [6.45, 7) is 3.48. The van der Waals surface area contributed by atoms with Gasteiger partial charge in [0.15, 0.2) is 0 Å². The van der Waals surface area contributed by atoms with E-state index in [1.807, 2.05) is 12.1 Å². The van der Waals surface area contributed by atoms with Crippen LogP contribution in [-0.4, -0.2) is 24.5 Å². The van der Waals surface area contributed by atoms with E-state index >= 15 is 0 Å². The molecule has 1 unspecified atom stereocenters. The highest BCUT2D eigenvalue weighted by atomic mass is 19.4. The van der Waals surface area contributed by atoms with Gasteiger partial charge < -0.3 is 4.74 Å². The second-order valence-corrected chi connectivity index (χ2v) is 5.29. The first-order valence-electron chi connectivity index (χ1n) is 7.65. The second kappa shape index (κ2) is 8.70. The Bertz CT molecular complexity index is 521. The minimum Gasteiger partial charge on any atom is -0.465 e. The van der Waals surface area contributed by atoms with Crippen LogP contribution < -0.4 is 0 Å². The van der Waals surface area contributed by atoms with Crippen molar-refractivity contribution in [2.45, 2.75) is 45.7 Å². The van der Waals surface area contributed by atoms with Crippen LogP contribution >= 0.6 is 0 Å². The molecule has 23 heavy (non-hydrogen) atoms. The van der Waals surface area contributed by atoms with Gasteiger partial charge in [-0.05, 0) is 37.3 Å². The quantitative estimate of drug-likeness (QED) is 0.537. The summed E-state index contributed by atoms with van der Waals surface area (Å²) in [7, 11) is 0. The Balaban J connectivity index is 2.88. The predicted molar refractivity (Wildman–Crippen MR) is 79.9 cm³/mol. The van der Waals surface area contributed by atoms with Gasteiger partial charge in [-0.2, -0.15) is 13.2 Å². The molecule has 128 valence electrons. The first-order valence-corrected chi connectivity index (χ1v) is 7.65. The second-order valence-electron chi connectivity index (χ2n) is 5.29. The van der Waals surface area contributed by atoms with E-state index in [9.17, 15) is 22.8 Å². The lowest BCUT2D eigenvalue weighted by Crippen LogP contribution is -2.37. The van der Waals surface area contributed by atoms with Gasteiger partial charge in [-0.3, -0.25) is 9.59 Å². The maximum Gasteiger partial charge on any atom is 0.450 e. The van der Waals surface area contributed by atoms with Crippen LogP contribution in [0.15, 0.2) is 24.3 Å². The first-order chi connectivity index (χ1) is 10.8. The lowest BCUT2D eigenvalue weighted by molar-refractivity contribution is -0.180. The lowest BCUT2D eigenvalue weighted by atomic mass is 9.94. The normalized spacial score (nSPS) is 12.7. The highest BCUT2D eigenvalue weighted by Gasteiger charge is 2.46. The summed E-state index contributed by atoms with van der Waals surface area (Å²) in [6, 6.07) is 6.93. The first kappa shape index (κ1) is 19.2. The average Bonchev–Trinajstić information content (AvgIpc) is 2.50. The van der Waals surface area contributed by atoms with Crippen LogP contribution in [-0.2, 0) is 27.2 Å². The SMILES string of the molecule is CCCCc1ccc(CC(C(=O)OCC)C(=O)C(F)(F)F)cc1. The van der Waals surface area contributed by atoms with Gasteiger partial charge in [0.25, 0.3) is 5.78 Å². The van der Waals surface area contributed by atoms with Crippen LogP contribution in [0.2, 0.25) is 0 Å². The summed E-state index contributed by atoms with van der Waals surface area (Å²) < 4.78 is 42.6. The number of halogens is 3. The Hall–Kier alpha value is -1.85. The molecule has 1 atom stereocenters. The van der Waals surface area contributed by atoms with Crippen molar-refractivity contribution >= 4 is 11.8 Å². The molecule has 0 heterocycles. The molecule has 1 aromatic rings. The zero-order valence-electron chi connectivity index (χ0n) is 13.3. The Morgan fingerprint density at radius 3 is 2.13 bits per heavy atom. The Kier molecular flexibility index (Phi) is 7.26. The molecule has 0 aliphatic rings. The fourth-order valence-corrected chi connectivity index (χ4v) is 2.18. The van der Waals surface area contributed by atoms with Gasteiger partial charge in [0.1, 0.15) is 5.92 Å². The van der Waals surface area contributed by atoms with Crippen molar-refractivity contribution in [3.05, 3.63) is 35.4 Å². The van der Waals surface area contributed by atoms with Gasteiger partial charge in [0.2, 0.25) is 0 Å². The van der Waals surface area contributed by atoms with Crippen molar-refractivity contribution in [2.24, 2.45) is 5.92 Å². The number of aryl methyl sites for hydroxylation is 1. The Labute approximate surface area is 133 Å². The molecule has 0 amide bonds. The van der Waals surface area contributed by atoms with Crippen LogP contribution in [0.3, 0.4) is 0 Å². The summed E-state index contributed by atoms with van der Waals surface area (Å²) in [4.78, 5) is 23.2. The van der Waals surface area contributed by atoms with E-state index in [4.69, 9.17) is 0 Å². The third kappa shape index (κ3) is 6.04. The van der Waals surface area contributed by atoms with Gasteiger partial charge in [-0.25, -0.2) is 0 Å². The van der Waals surface area contributed by atoms with Gasteiger partial charge in [0.05, 0.1) is 6.61 Å². The molecule has 0 radical (unpaired) electrons. The number of hydrogen-bond acceptors (Lipinski definition) is 3. The molecule has 1 aromatic carbocycles. The zero-order chi connectivity index (χ0) is 17.5. The average molecular weight is 330 g/mol.